The van der Waals surface area contributed by atoms with Gasteiger partial charge in [-0.1, -0.05) is 17.7 Å². The maximum absolute atomic E-state index is 10.4. The Morgan fingerprint density at radius 3 is 3.00 bits per heavy atom. The minimum absolute atomic E-state index is 0.184. The number of nitrogens with zero attached hydrogens (tertiary/aromatic N) is 1. The van der Waals surface area contributed by atoms with Crippen molar-refractivity contribution in [2.24, 2.45) is 0 Å². The lowest BCUT2D eigenvalue weighted by Crippen LogP contribution is -1.95. The molecule has 0 radical (unpaired) electrons. The fourth-order valence-corrected chi connectivity index (χ4v) is 2.75. The van der Waals surface area contributed by atoms with Gasteiger partial charge in [-0.25, -0.2) is 4.98 Å². The molecule has 0 aliphatic rings. The molecule has 0 spiro atoms. The number of rotatable bonds is 4. The summed E-state index contributed by atoms with van der Waals surface area (Å²) in [6.45, 7) is 0. The molecule has 0 atom stereocenters. The Labute approximate surface area is 102 Å². The summed E-state index contributed by atoms with van der Waals surface area (Å²) in [5, 5.41) is 10.2. The van der Waals surface area contributed by atoms with Crippen molar-refractivity contribution in [1.82, 2.24) is 4.98 Å². The third-order valence-corrected chi connectivity index (χ3v) is 3.78. The van der Waals surface area contributed by atoms with Gasteiger partial charge in [0.25, 0.3) is 0 Å². The van der Waals surface area contributed by atoms with Crippen LogP contribution in [0.2, 0.25) is 5.02 Å². The molecule has 0 saturated carbocycles. The van der Waals surface area contributed by atoms with E-state index in [0.717, 1.165) is 15.2 Å². The summed E-state index contributed by atoms with van der Waals surface area (Å²) in [6, 6.07) is 5.62. The first-order chi connectivity index (χ1) is 7.66. The second-order valence-corrected chi connectivity index (χ2v) is 4.93. The SMILES string of the molecule is O=C(O)CCCc1nc2cccc(Cl)c2s1. The van der Waals surface area contributed by atoms with Gasteiger partial charge in [-0.15, -0.1) is 11.3 Å². The van der Waals surface area contributed by atoms with E-state index in [9.17, 15) is 4.79 Å². The molecule has 16 heavy (non-hydrogen) atoms. The zero-order chi connectivity index (χ0) is 11.5. The molecule has 1 N–H and O–H groups in total. The highest BCUT2D eigenvalue weighted by Crippen LogP contribution is 2.29. The molecular weight excluding hydrogens is 246 g/mol. The van der Waals surface area contributed by atoms with Gasteiger partial charge in [0.1, 0.15) is 0 Å². The van der Waals surface area contributed by atoms with Crippen molar-refractivity contribution in [2.75, 3.05) is 0 Å². The summed E-state index contributed by atoms with van der Waals surface area (Å²) in [7, 11) is 0. The van der Waals surface area contributed by atoms with Crippen LogP contribution in [0.15, 0.2) is 18.2 Å². The van der Waals surface area contributed by atoms with Crippen LogP contribution in [0.4, 0.5) is 0 Å². The van der Waals surface area contributed by atoms with Gasteiger partial charge in [0, 0.05) is 6.42 Å². The number of carboxylic acids is 1. The zero-order valence-electron chi connectivity index (χ0n) is 8.44. The van der Waals surface area contributed by atoms with Crippen LogP contribution in [0.5, 0.6) is 0 Å². The number of aryl methyl sites for hydroxylation is 1. The number of fused-ring (bicyclic) bond motifs is 1. The van der Waals surface area contributed by atoms with E-state index < -0.39 is 5.97 Å². The van der Waals surface area contributed by atoms with Crippen LogP contribution in [0.25, 0.3) is 10.2 Å². The van der Waals surface area contributed by atoms with E-state index in [1.807, 2.05) is 18.2 Å². The number of halogens is 1. The predicted octanol–water partition coefficient (Wildman–Crippen LogP) is 3.36. The van der Waals surface area contributed by atoms with Gasteiger partial charge in [-0.2, -0.15) is 0 Å². The van der Waals surface area contributed by atoms with Crippen molar-refractivity contribution in [3.8, 4) is 0 Å². The first-order valence-electron chi connectivity index (χ1n) is 4.92. The largest absolute Gasteiger partial charge is 0.481 e. The standard InChI is InChI=1S/C11H10ClNO2S/c12-7-3-1-4-8-11(7)16-9(13-8)5-2-6-10(14)15/h1,3-4H,2,5-6H2,(H,14,15). The molecule has 1 aromatic heterocycles. The highest BCUT2D eigenvalue weighted by Gasteiger charge is 2.07. The molecule has 2 aromatic rings. The van der Waals surface area contributed by atoms with E-state index in [2.05, 4.69) is 4.98 Å². The normalized spacial score (nSPS) is 10.8. The lowest BCUT2D eigenvalue weighted by molar-refractivity contribution is -0.137. The number of hydrogen-bond donors (Lipinski definition) is 1. The highest BCUT2D eigenvalue weighted by molar-refractivity contribution is 7.19. The summed E-state index contributed by atoms with van der Waals surface area (Å²) in [6.07, 6.45) is 1.50. The number of thiazole rings is 1. The summed E-state index contributed by atoms with van der Waals surface area (Å²) in [4.78, 5) is 14.8. The van der Waals surface area contributed by atoms with Crippen molar-refractivity contribution in [3.05, 3.63) is 28.2 Å². The highest BCUT2D eigenvalue weighted by atomic mass is 35.5. The van der Waals surface area contributed by atoms with E-state index in [1.165, 1.54) is 11.3 Å². The third-order valence-electron chi connectivity index (χ3n) is 2.19. The molecule has 84 valence electrons. The molecule has 0 bridgehead atoms. The lowest BCUT2D eigenvalue weighted by Gasteiger charge is -1.91. The van der Waals surface area contributed by atoms with E-state index >= 15 is 0 Å². The van der Waals surface area contributed by atoms with E-state index in [1.54, 1.807) is 0 Å². The monoisotopic (exact) mass is 255 g/mol. The Morgan fingerprint density at radius 1 is 1.50 bits per heavy atom. The average molecular weight is 256 g/mol. The fourth-order valence-electron chi connectivity index (χ4n) is 1.46. The first kappa shape index (κ1) is 11.4. The van der Waals surface area contributed by atoms with Gasteiger partial charge in [0.05, 0.1) is 20.2 Å². The summed E-state index contributed by atoms with van der Waals surface area (Å²) in [5.74, 6) is -0.765. The van der Waals surface area contributed by atoms with E-state index in [0.29, 0.717) is 17.9 Å². The van der Waals surface area contributed by atoms with E-state index in [-0.39, 0.29) is 6.42 Å². The van der Waals surface area contributed by atoms with Crippen LogP contribution in [0.1, 0.15) is 17.8 Å². The summed E-state index contributed by atoms with van der Waals surface area (Å²) in [5.41, 5.74) is 0.892. The molecule has 1 heterocycles. The zero-order valence-corrected chi connectivity index (χ0v) is 10.0. The van der Waals surface area contributed by atoms with Gasteiger partial charge in [-0.3, -0.25) is 4.79 Å². The molecule has 5 heteroatoms. The smallest absolute Gasteiger partial charge is 0.303 e. The van der Waals surface area contributed by atoms with Crippen LogP contribution in [-0.4, -0.2) is 16.1 Å². The number of aromatic nitrogens is 1. The first-order valence-corrected chi connectivity index (χ1v) is 6.12. The molecule has 1 aromatic carbocycles. The molecule has 0 saturated heterocycles. The van der Waals surface area contributed by atoms with Crippen molar-refractivity contribution in [2.45, 2.75) is 19.3 Å². The Morgan fingerprint density at radius 2 is 2.31 bits per heavy atom. The van der Waals surface area contributed by atoms with Gasteiger partial charge >= 0.3 is 5.97 Å². The maximum atomic E-state index is 10.4. The number of carboxylic acid groups (broad SMARTS) is 1. The number of hydrogen-bond acceptors (Lipinski definition) is 3. The molecule has 0 aliphatic carbocycles. The molecule has 0 amide bonds. The summed E-state index contributed by atoms with van der Waals surface area (Å²) >= 11 is 7.57. The average Bonchev–Trinajstić information content (AvgIpc) is 2.61. The van der Waals surface area contributed by atoms with Gasteiger partial charge in [0.2, 0.25) is 0 Å². The molecule has 3 nitrogen and oxygen atoms in total. The Hall–Kier alpha value is -1.13. The van der Waals surface area contributed by atoms with E-state index in [4.69, 9.17) is 16.7 Å². The Bertz CT molecular complexity index is 524. The van der Waals surface area contributed by atoms with Crippen molar-refractivity contribution in [1.29, 1.82) is 0 Å². The molecule has 0 unspecified atom stereocenters. The Balaban J connectivity index is 2.14. The van der Waals surface area contributed by atoms with Crippen LogP contribution in [0.3, 0.4) is 0 Å². The second-order valence-electron chi connectivity index (χ2n) is 3.44. The Kier molecular flexibility index (Phi) is 3.41. The molecule has 0 aliphatic heterocycles. The fraction of sp³-hybridized carbons (Fsp3) is 0.273. The molecule has 0 fully saturated rings. The predicted molar refractivity (Wildman–Crippen MR) is 65.2 cm³/mol. The van der Waals surface area contributed by atoms with Crippen molar-refractivity contribution < 1.29 is 9.90 Å². The van der Waals surface area contributed by atoms with Crippen molar-refractivity contribution in [3.63, 3.8) is 0 Å². The number of benzene rings is 1. The molecule has 2 rings (SSSR count). The second kappa shape index (κ2) is 4.80. The van der Waals surface area contributed by atoms with Gasteiger partial charge in [-0.05, 0) is 25.0 Å². The number of carbonyl (C=O) groups is 1. The van der Waals surface area contributed by atoms with Crippen LogP contribution in [-0.2, 0) is 11.2 Å². The number of aliphatic carboxylic acids is 1. The van der Waals surface area contributed by atoms with Crippen LogP contribution in [0, 0.1) is 0 Å². The maximum Gasteiger partial charge on any atom is 0.303 e. The third kappa shape index (κ3) is 2.51. The topological polar surface area (TPSA) is 50.2 Å². The molecular formula is C11H10ClNO2S. The minimum Gasteiger partial charge on any atom is -0.481 e. The van der Waals surface area contributed by atoms with Crippen molar-refractivity contribution >= 4 is 39.1 Å². The minimum atomic E-state index is -0.765. The van der Waals surface area contributed by atoms with Gasteiger partial charge in [0.15, 0.2) is 0 Å². The van der Waals surface area contributed by atoms with Gasteiger partial charge < -0.3 is 5.11 Å². The lowest BCUT2D eigenvalue weighted by atomic mass is 10.2. The summed E-state index contributed by atoms with van der Waals surface area (Å²) < 4.78 is 0.981. The van der Waals surface area contributed by atoms with Crippen LogP contribution < -0.4 is 0 Å². The van der Waals surface area contributed by atoms with Crippen LogP contribution >= 0.6 is 22.9 Å². The quantitative estimate of drug-likeness (QED) is 0.911.